The summed E-state index contributed by atoms with van der Waals surface area (Å²) in [4.78, 5) is 31.6. The summed E-state index contributed by atoms with van der Waals surface area (Å²) in [5, 5.41) is 23.9. The van der Waals surface area contributed by atoms with Gasteiger partial charge in [0.05, 0.1) is 11.5 Å². The first kappa shape index (κ1) is 14.4. The average molecular weight is 267 g/mol. The van der Waals surface area contributed by atoms with Gasteiger partial charge in [-0.2, -0.15) is 0 Å². The molecule has 0 aliphatic heterocycles. The molecule has 1 aromatic carbocycles. The standard InChI is InChI=1S/C11H13N3O5/c1-7-2-3-8(14(18)19)4-9(7)12-5-10(15)13-6-11(16)17/h2-4,12H,5-6H2,1H3,(H,13,15)(H,16,17). The van der Waals surface area contributed by atoms with Gasteiger partial charge in [0, 0.05) is 17.8 Å². The Morgan fingerprint density at radius 2 is 2.05 bits per heavy atom. The highest BCUT2D eigenvalue weighted by Gasteiger charge is 2.10. The molecule has 0 aliphatic rings. The van der Waals surface area contributed by atoms with Crippen LogP contribution in [-0.2, 0) is 9.59 Å². The summed E-state index contributed by atoms with van der Waals surface area (Å²) in [6.45, 7) is 1.12. The minimum atomic E-state index is -1.14. The topological polar surface area (TPSA) is 122 Å². The second-order valence-corrected chi connectivity index (χ2v) is 3.78. The lowest BCUT2D eigenvalue weighted by Gasteiger charge is -2.09. The molecular weight excluding hydrogens is 254 g/mol. The first-order chi connectivity index (χ1) is 8.90. The lowest BCUT2D eigenvalue weighted by Crippen LogP contribution is -2.33. The quantitative estimate of drug-likeness (QED) is 0.510. The maximum absolute atomic E-state index is 11.3. The van der Waals surface area contributed by atoms with E-state index < -0.39 is 23.3 Å². The number of carbonyl (C=O) groups is 2. The van der Waals surface area contributed by atoms with E-state index in [9.17, 15) is 19.7 Å². The van der Waals surface area contributed by atoms with Gasteiger partial charge >= 0.3 is 5.97 Å². The Morgan fingerprint density at radius 3 is 2.63 bits per heavy atom. The van der Waals surface area contributed by atoms with Crippen LogP contribution in [-0.4, -0.2) is 35.0 Å². The largest absolute Gasteiger partial charge is 0.480 e. The maximum Gasteiger partial charge on any atom is 0.322 e. The summed E-state index contributed by atoms with van der Waals surface area (Å²) in [6, 6.07) is 4.25. The molecule has 1 amide bonds. The van der Waals surface area contributed by atoms with Gasteiger partial charge in [-0.1, -0.05) is 6.07 Å². The second-order valence-electron chi connectivity index (χ2n) is 3.78. The third kappa shape index (κ3) is 4.62. The van der Waals surface area contributed by atoms with Crippen LogP contribution in [0.3, 0.4) is 0 Å². The zero-order valence-corrected chi connectivity index (χ0v) is 10.2. The molecule has 102 valence electrons. The Hall–Kier alpha value is -2.64. The highest BCUT2D eigenvalue weighted by molar-refractivity contribution is 5.84. The molecule has 1 rings (SSSR count). The van der Waals surface area contributed by atoms with Crippen LogP contribution >= 0.6 is 0 Å². The number of nitrogens with one attached hydrogen (secondary N) is 2. The van der Waals surface area contributed by atoms with E-state index in [0.29, 0.717) is 5.69 Å². The van der Waals surface area contributed by atoms with Gasteiger partial charge in [-0.05, 0) is 12.5 Å². The molecule has 1 aromatic rings. The van der Waals surface area contributed by atoms with Crippen molar-refractivity contribution in [2.24, 2.45) is 0 Å². The molecular formula is C11H13N3O5. The maximum atomic E-state index is 11.3. The molecule has 8 nitrogen and oxygen atoms in total. The molecule has 0 spiro atoms. The van der Waals surface area contributed by atoms with Gasteiger partial charge in [0.1, 0.15) is 6.54 Å². The van der Waals surface area contributed by atoms with Crippen molar-refractivity contribution in [2.45, 2.75) is 6.92 Å². The number of anilines is 1. The van der Waals surface area contributed by atoms with Crippen LogP contribution in [0.4, 0.5) is 11.4 Å². The Balaban J connectivity index is 2.62. The number of carbonyl (C=O) groups excluding carboxylic acids is 1. The Labute approximate surface area is 108 Å². The molecule has 0 aliphatic carbocycles. The zero-order valence-electron chi connectivity index (χ0n) is 10.2. The van der Waals surface area contributed by atoms with Crippen molar-refractivity contribution >= 4 is 23.3 Å². The molecule has 3 N–H and O–H groups in total. The van der Waals surface area contributed by atoms with Crippen molar-refractivity contribution in [3.63, 3.8) is 0 Å². The number of hydrogen-bond acceptors (Lipinski definition) is 5. The molecule has 0 fully saturated rings. The fourth-order valence-corrected chi connectivity index (χ4v) is 1.33. The lowest BCUT2D eigenvalue weighted by molar-refractivity contribution is -0.384. The van der Waals surface area contributed by atoms with E-state index in [1.54, 1.807) is 13.0 Å². The highest BCUT2D eigenvalue weighted by atomic mass is 16.6. The van der Waals surface area contributed by atoms with Crippen LogP contribution in [0.1, 0.15) is 5.56 Å². The smallest absolute Gasteiger partial charge is 0.322 e. The molecule has 0 heterocycles. The second kappa shape index (κ2) is 6.34. The molecule has 0 atom stereocenters. The monoisotopic (exact) mass is 267 g/mol. The molecule has 0 saturated carbocycles. The van der Waals surface area contributed by atoms with Gasteiger partial charge in [0.2, 0.25) is 5.91 Å². The molecule has 0 radical (unpaired) electrons. The summed E-state index contributed by atoms with van der Waals surface area (Å²) < 4.78 is 0. The summed E-state index contributed by atoms with van der Waals surface area (Å²) in [7, 11) is 0. The number of nitrogens with zero attached hydrogens (tertiary/aromatic N) is 1. The van der Waals surface area contributed by atoms with Crippen molar-refractivity contribution < 1.29 is 19.6 Å². The number of benzene rings is 1. The minimum Gasteiger partial charge on any atom is -0.480 e. The number of aliphatic carboxylic acids is 1. The first-order valence-electron chi connectivity index (χ1n) is 5.37. The summed E-state index contributed by atoms with van der Waals surface area (Å²) in [5.41, 5.74) is 1.12. The fourth-order valence-electron chi connectivity index (χ4n) is 1.33. The van der Waals surface area contributed by atoms with Crippen LogP contribution in [0.5, 0.6) is 0 Å². The number of aryl methyl sites for hydroxylation is 1. The number of amides is 1. The van der Waals surface area contributed by atoms with E-state index in [2.05, 4.69) is 10.6 Å². The molecule has 19 heavy (non-hydrogen) atoms. The number of rotatable bonds is 6. The van der Waals surface area contributed by atoms with E-state index in [4.69, 9.17) is 5.11 Å². The van der Waals surface area contributed by atoms with E-state index >= 15 is 0 Å². The van der Waals surface area contributed by atoms with E-state index in [1.807, 2.05) is 0 Å². The summed E-state index contributed by atoms with van der Waals surface area (Å²) in [6.07, 6.45) is 0. The first-order valence-corrected chi connectivity index (χ1v) is 5.37. The predicted octanol–water partition coefficient (Wildman–Crippen LogP) is 0.516. The Morgan fingerprint density at radius 1 is 1.37 bits per heavy atom. The van der Waals surface area contributed by atoms with Gasteiger partial charge in [-0.25, -0.2) is 0 Å². The fraction of sp³-hybridized carbons (Fsp3) is 0.273. The van der Waals surface area contributed by atoms with Crippen molar-refractivity contribution in [3.8, 4) is 0 Å². The van der Waals surface area contributed by atoms with Crippen molar-refractivity contribution in [3.05, 3.63) is 33.9 Å². The zero-order chi connectivity index (χ0) is 14.4. The van der Waals surface area contributed by atoms with E-state index in [0.717, 1.165) is 5.56 Å². The van der Waals surface area contributed by atoms with Crippen LogP contribution in [0, 0.1) is 17.0 Å². The third-order valence-electron chi connectivity index (χ3n) is 2.31. The van der Waals surface area contributed by atoms with Crippen LogP contribution < -0.4 is 10.6 Å². The van der Waals surface area contributed by atoms with Gasteiger partial charge in [-0.3, -0.25) is 19.7 Å². The van der Waals surface area contributed by atoms with E-state index in [1.165, 1.54) is 12.1 Å². The van der Waals surface area contributed by atoms with Crippen LogP contribution in [0.2, 0.25) is 0 Å². The number of carboxylic acids is 1. The number of hydrogen-bond donors (Lipinski definition) is 3. The summed E-state index contributed by atoms with van der Waals surface area (Å²) in [5.74, 6) is -1.65. The average Bonchev–Trinajstić information content (AvgIpc) is 2.35. The predicted molar refractivity (Wildman–Crippen MR) is 67.0 cm³/mol. The van der Waals surface area contributed by atoms with Gasteiger partial charge in [0.25, 0.3) is 5.69 Å². The minimum absolute atomic E-state index is 0.0842. The van der Waals surface area contributed by atoms with Crippen molar-refractivity contribution in [1.82, 2.24) is 5.32 Å². The summed E-state index contributed by atoms with van der Waals surface area (Å²) >= 11 is 0. The number of carboxylic acid groups (broad SMARTS) is 1. The molecule has 0 saturated heterocycles. The number of nitro groups is 1. The molecule has 8 heteroatoms. The van der Waals surface area contributed by atoms with Gasteiger partial charge < -0.3 is 15.7 Å². The van der Waals surface area contributed by atoms with Crippen LogP contribution in [0.15, 0.2) is 18.2 Å². The van der Waals surface area contributed by atoms with Crippen LogP contribution in [0.25, 0.3) is 0 Å². The Bertz CT molecular complexity index is 515. The van der Waals surface area contributed by atoms with Crippen molar-refractivity contribution in [1.29, 1.82) is 0 Å². The van der Waals surface area contributed by atoms with Gasteiger partial charge in [-0.15, -0.1) is 0 Å². The molecule has 0 bridgehead atoms. The highest BCUT2D eigenvalue weighted by Crippen LogP contribution is 2.21. The normalized spacial score (nSPS) is 9.74. The SMILES string of the molecule is Cc1ccc([N+](=O)[O-])cc1NCC(=O)NCC(=O)O. The Kier molecular flexibility index (Phi) is 4.81. The van der Waals surface area contributed by atoms with E-state index in [-0.39, 0.29) is 12.2 Å². The number of nitro benzene ring substituents is 1. The van der Waals surface area contributed by atoms with Crippen molar-refractivity contribution in [2.75, 3.05) is 18.4 Å². The number of non-ortho nitro benzene ring substituents is 1. The van der Waals surface area contributed by atoms with Gasteiger partial charge in [0.15, 0.2) is 0 Å². The molecule has 0 unspecified atom stereocenters. The molecule has 0 aromatic heterocycles. The third-order valence-corrected chi connectivity index (χ3v) is 2.31. The lowest BCUT2D eigenvalue weighted by atomic mass is 10.2.